The number of nitrogens with one attached hydrogen (secondary N) is 2. The first-order valence-corrected chi connectivity index (χ1v) is 9.66. The van der Waals surface area contributed by atoms with Crippen LogP contribution in [0, 0.1) is 11.3 Å². The van der Waals surface area contributed by atoms with Crippen molar-refractivity contribution in [3.63, 3.8) is 0 Å². The Bertz CT molecular complexity index is 1260. The number of rotatable bonds is 6. The number of pyridine rings is 1. The molecule has 0 atom stereocenters. The van der Waals surface area contributed by atoms with Gasteiger partial charge in [-0.3, -0.25) is 4.98 Å². The summed E-state index contributed by atoms with van der Waals surface area (Å²) in [6.45, 7) is 0. The first kappa shape index (κ1) is 17.9. The van der Waals surface area contributed by atoms with Crippen molar-refractivity contribution in [1.29, 1.82) is 5.26 Å². The van der Waals surface area contributed by atoms with Crippen molar-refractivity contribution < 1.29 is 4.74 Å². The maximum atomic E-state index is 9.42. The van der Waals surface area contributed by atoms with Crippen LogP contribution in [-0.2, 0) is 0 Å². The molecule has 0 amide bonds. The summed E-state index contributed by atoms with van der Waals surface area (Å²) in [5, 5.41) is 20.8. The molecule has 30 heavy (non-hydrogen) atoms. The topological polar surface area (TPSA) is 100 Å². The lowest BCUT2D eigenvalue weighted by Gasteiger charge is -2.14. The summed E-state index contributed by atoms with van der Waals surface area (Å²) in [6.07, 6.45) is 7.32. The Morgan fingerprint density at radius 3 is 2.67 bits per heavy atom. The quantitative estimate of drug-likeness (QED) is 0.507. The van der Waals surface area contributed by atoms with Gasteiger partial charge < -0.3 is 15.4 Å². The van der Waals surface area contributed by atoms with Crippen molar-refractivity contribution in [2.24, 2.45) is 0 Å². The molecule has 1 saturated carbocycles. The Balaban J connectivity index is 1.57. The van der Waals surface area contributed by atoms with Crippen LogP contribution in [0.25, 0.3) is 16.8 Å². The Morgan fingerprint density at radius 2 is 1.93 bits per heavy atom. The third kappa shape index (κ3) is 3.37. The molecule has 0 unspecified atom stereocenters. The van der Waals surface area contributed by atoms with Gasteiger partial charge in [0.15, 0.2) is 17.2 Å². The van der Waals surface area contributed by atoms with Crippen molar-refractivity contribution >= 4 is 22.8 Å². The van der Waals surface area contributed by atoms with Crippen molar-refractivity contribution in [3.8, 4) is 22.9 Å². The number of anilines is 3. The molecule has 1 aliphatic rings. The van der Waals surface area contributed by atoms with Crippen LogP contribution in [0.2, 0.25) is 0 Å². The third-order valence-electron chi connectivity index (χ3n) is 5.00. The van der Waals surface area contributed by atoms with E-state index in [1.807, 2.05) is 36.4 Å². The van der Waals surface area contributed by atoms with E-state index < -0.39 is 0 Å². The molecule has 0 aliphatic heterocycles. The zero-order valence-electron chi connectivity index (χ0n) is 16.3. The zero-order chi connectivity index (χ0) is 20.5. The van der Waals surface area contributed by atoms with Crippen molar-refractivity contribution in [1.82, 2.24) is 19.6 Å². The highest BCUT2D eigenvalue weighted by Gasteiger charge is 2.23. The van der Waals surface area contributed by atoms with E-state index >= 15 is 0 Å². The standard InChI is InChI=1S/C22H19N7O/c1-30-20-5-2-15(14-6-8-24-9-7-14)10-18(20)27-21-11-19(26-16-3-4-16)22-25-13-17(12-23)29(22)28-21/h2,5-11,13,16,26H,3-4H2,1H3,(H,27,28). The van der Waals surface area contributed by atoms with E-state index in [0.29, 0.717) is 29.0 Å². The number of hydrogen-bond acceptors (Lipinski definition) is 7. The summed E-state index contributed by atoms with van der Waals surface area (Å²) < 4.78 is 7.10. The number of imidazole rings is 1. The summed E-state index contributed by atoms with van der Waals surface area (Å²) in [6, 6.07) is 14.3. The van der Waals surface area contributed by atoms with E-state index in [4.69, 9.17) is 4.74 Å². The minimum Gasteiger partial charge on any atom is -0.495 e. The number of methoxy groups -OCH3 is 1. The van der Waals surface area contributed by atoms with E-state index in [1.165, 1.54) is 6.20 Å². The number of fused-ring (bicyclic) bond motifs is 1. The minimum absolute atomic E-state index is 0.380. The molecule has 0 saturated heterocycles. The van der Waals surface area contributed by atoms with Gasteiger partial charge in [-0.25, -0.2) is 4.98 Å². The fraction of sp³-hybridized carbons (Fsp3) is 0.182. The molecule has 3 aromatic heterocycles. The van der Waals surface area contributed by atoms with E-state index in [-0.39, 0.29) is 0 Å². The third-order valence-corrected chi connectivity index (χ3v) is 5.00. The molecular formula is C22H19N7O. The number of nitriles is 1. The number of nitrogens with zero attached hydrogens (tertiary/aromatic N) is 5. The number of hydrogen-bond donors (Lipinski definition) is 2. The van der Waals surface area contributed by atoms with Gasteiger partial charge in [0.1, 0.15) is 11.8 Å². The number of benzene rings is 1. The largest absolute Gasteiger partial charge is 0.495 e. The second-order valence-electron chi connectivity index (χ2n) is 7.13. The predicted molar refractivity (Wildman–Crippen MR) is 114 cm³/mol. The molecule has 1 fully saturated rings. The second kappa shape index (κ2) is 7.37. The predicted octanol–water partition coefficient (Wildman–Crippen LogP) is 3.99. The first-order valence-electron chi connectivity index (χ1n) is 9.66. The van der Waals surface area contributed by atoms with Crippen LogP contribution in [0.5, 0.6) is 5.75 Å². The van der Waals surface area contributed by atoms with Crippen LogP contribution in [0.15, 0.2) is 55.0 Å². The molecule has 3 heterocycles. The molecule has 1 aromatic carbocycles. The van der Waals surface area contributed by atoms with Gasteiger partial charge in [0.05, 0.1) is 24.7 Å². The van der Waals surface area contributed by atoms with Crippen LogP contribution in [-0.4, -0.2) is 32.7 Å². The van der Waals surface area contributed by atoms with Crippen molar-refractivity contribution in [2.75, 3.05) is 17.7 Å². The van der Waals surface area contributed by atoms with Gasteiger partial charge in [0.2, 0.25) is 0 Å². The molecule has 0 radical (unpaired) electrons. The maximum Gasteiger partial charge on any atom is 0.178 e. The Labute approximate surface area is 173 Å². The summed E-state index contributed by atoms with van der Waals surface area (Å²) in [5.41, 5.74) is 4.72. The van der Waals surface area contributed by atoms with E-state index in [2.05, 4.69) is 31.8 Å². The molecule has 8 nitrogen and oxygen atoms in total. The monoisotopic (exact) mass is 397 g/mol. The van der Waals surface area contributed by atoms with Gasteiger partial charge >= 0.3 is 0 Å². The smallest absolute Gasteiger partial charge is 0.178 e. The van der Waals surface area contributed by atoms with Crippen LogP contribution in [0.3, 0.4) is 0 Å². The Morgan fingerprint density at radius 1 is 1.10 bits per heavy atom. The van der Waals surface area contributed by atoms with Gasteiger partial charge in [-0.05, 0) is 48.2 Å². The average molecular weight is 397 g/mol. The van der Waals surface area contributed by atoms with Crippen LogP contribution in [0.1, 0.15) is 18.5 Å². The second-order valence-corrected chi connectivity index (χ2v) is 7.13. The zero-order valence-corrected chi connectivity index (χ0v) is 16.3. The molecule has 8 heteroatoms. The van der Waals surface area contributed by atoms with Gasteiger partial charge in [-0.15, -0.1) is 5.10 Å². The Hall–Kier alpha value is -4.12. The lowest BCUT2D eigenvalue weighted by molar-refractivity contribution is 0.417. The summed E-state index contributed by atoms with van der Waals surface area (Å²) >= 11 is 0. The van der Waals surface area contributed by atoms with Gasteiger partial charge in [-0.2, -0.15) is 9.78 Å². The van der Waals surface area contributed by atoms with E-state index in [1.54, 1.807) is 24.0 Å². The molecule has 148 valence electrons. The highest BCUT2D eigenvalue weighted by atomic mass is 16.5. The number of aromatic nitrogens is 4. The molecule has 2 N–H and O–H groups in total. The van der Waals surface area contributed by atoms with Gasteiger partial charge in [-0.1, -0.05) is 6.07 Å². The summed E-state index contributed by atoms with van der Waals surface area (Å²) in [5.74, 6) is 1.28. The van der Waals surface area contributed by atoms with Crippen molar-refractivity contribution in [2.45, 2.75) is 18.9 Å². The fourth-order valence-electron chi connectivity index (χ4n) is 3.33. The lowest BCUT2D eigenvalue weighted by atomic mass is 10.1. The molecule has 0 spiro atoms. The van der Waals surface area contributed by atoms with Crippen LogP contribution in [0.4, 0.5) is 17.2 Å². The summed E-state index contributed by atoms with van der Waals surface area (Å²) in [7, 11) is 1.63. The number of ether oxygens (including phenoxy) is 1. The fourth-order valence-corrected chi connectivity index (χ4v) is 3.33. The highest BCUT2D eigenvalue weighted by molar-refractivity contribution is 5.77. The first-order chi connectivity index (χ1) is 14.7. The molecule has 0 bridgehead atoms. The Kier molecular flexibility index (Phi) is 4.41. The van der Waals surface area contributed by atoms with Crippen LogP contribution < -0.4 is 15.4 Å². The molecule has 4 aromatic rings. The van der Waals surface area contributed by atoms with E-state index in [9.17, 15) is 5.26 Å². The normalized spacial score (nSPS) is 13.1. The molecular weight excluding hydrogens is 378 g/mol. The maximum absolute atomic E-state index is 9.42. The molecule has 1 aliphatic carbocycles. The highest BCUT2D eigenvalue weighted by Crippen LogP contribution is 2.34. The SMILES string of the molecule is COc1ccc(-c2ccncc2)cc1Nc1cc(NC2CC2)c2ncc(C#N)n2n1. The summed E-state index contributed by atoms with van der Waals surface area (Å²) in [4.78, 5) is 8.44. The van der Waals surface area contributed by atoms with Gasteiger partial charge in [0, 0.05) is 24.5 Å². The average Bonchev–Trinajstić information content (AvgIpc) is 3.50. The van der Waals surface area contributed by atoms with Crippen LogP contribution >= 0.6 is 0 Å². The van der Waals surface area contributed by atoms with Gasteiger partial charge in [0.25, 0.3) is 0 Å². The van der Waals surface area contributed by atoms with Crippen molar-refractivity contribution in [3.05, 3.63) is 60.7 Å². The molecule has 5 rings (SSSR count). The van der Waals surface area contributed by atoms with E-state index in [0.717, 1.165) is 35.3 Å². The minimum atomic E-state index is 0.380. The lowest BCUT2D eigenvalue weighted by Crippen LogP contribution is -2.08.